The average molecular weight is 296 g/mol. The van der Waals surface area contributed by atoms with Crippen LogP contribution < -0.4 is 5.32 Å². The summed E-state index contributed by atoms with van der Waals surface area (Å²) in [6.45, 7) is 5.90. The van der Waals surface area contributed by atoms with E-state index in [1.54, 1.807) is 0 Å². The van der Waals surface area contributed by atoms with Gasteiger partial charge in [-0.25, -0.2) is 0 Å². The van der Waals surface area contributed by atoms with E-state index in [2.05, 4.69) is 17.1 Å². The molecule has 1 aliphatic carbocycles. The van der Waals surface area contributed by atoms with Crippen LogP contribution in [0.4, 0.5) is 0 Å². The minimum absolute atomic E-state index is 0.0715. The Balaban J connectivity index is 1.86. The van der Waals surface area contributed by atoms with E-state index in [0.29, 0.717) is 5.92 Å². The summed E-state index contributed by atoms with van der Waals surface area (Å²) >= 11 is 0. The largest absolute Gasteiger partial charge is 0.468 e. The molecule has 4 nitrogen and oxygen atoms in total. The topological polar surface area (TPSA) is 41.6 Å². The quantitative estimate of drug-likeness (QED) is 0.733. The fourth-order valence-electron chi connectivity index (χ4n) is 4.45. The standard InChI is InChI=1S/C17H32N2O2/c1-4-6-14-8-11-19(13-14)12-9-15-7-5-10-17(15,18-2)16(20)21-3/h14-15,18H,4-13H2,1-3H3. The lowest BCUT2D eigenvalue weighted by atomic mass is 9.84. The van der Waals surface area contributed by atoms with Gasteiger partial charge in [0.2, 0.25) is 0 Å². The van der Waals surface area contributed by atoms with Crippen LogP contribution in [0.5, 0.6) is 0 Å². The lowest BCUT2D eigenvalue weighted by Gasteiger charge is -2.33. The lowest BCUT2D eigenvalue weighted by molar-refractivity contribution is -0.150. The summed E-state index contributed by atoms with van der Waals surface area (Å²) < 4.78 is 5.06. The zero-order valence-electron chi connectivity index (χ0n) is 14.0. The minimum atomic E-state index is -0.433. The van der Waals surface area contributed by atoms with E-state index in [-0.39, 0.29) is 5.97 Å². The summed E-state index contributed by atoms with van der Waals surface area (Å²) in [4.78, 5) is 14.8. The third-order valence-corrected chi connectivity index (χ3v) is 5.68. The average Bonchev–Trinajstić information content (AvgIpc) is 3.11. The molecule has 0 aromatic carbocycles. The zero-order chi connectivity index (χ0) is 15.3. The molecule has 0 aromatic heterocycles. The molecule has 0 spiro atoms. The third-order valence-electron chi connectivity index (χ3n) is 5.68. The molecule has 2 rings (SSSR count). The summed E-state index contributed by atoms with van der Waals surface area (Å²) in [5.41, 5.74) is -0.433. The van der Waals surface area contributed by atoms with E-state index in [1.165, 1.54) is 39.5 Å². The molecule has 0 radical (unpaired) electrons. The van der Waals surface area contributed by atoms with Gasteiger partial charge in [-0.15, -0.1) is 0 Å². The number of hydrogen-bond acceptors (Lipinski definition) is 4. The first-order valence-corrected chi connectivity index (χ1v) is 8.66. The molecular formula is C17H32N2O2. The second-order valence-corrected chi connectivity index (χ2v) is 6.83. The Morgan fingerprint density at radius 2 is 2.19 bits per heavy atom. The molecule has 0 amide bonds. The molecule has 1 saturated heterocycles. The van der Waals surface area contributed by atoms with E-state index in [4.69, 9.17) is 4.74 Å². The normalized spacial score (nSPS) is 33.5. The van der Waals surface area contributed by atoms with E-state index in [1.807, 2.05) is 7.05 Å². The number of nitrogens with zero attached hydrogens (tertiary/aromatic N) is 1. The number of carbonyl (C=O) groups is 1. The molecule has 0 aromatic rings. The number of likely N-dealkylation sites (tertiary alicyclic amines) is 1. The van der Waals surface area contributed by atoms with E-state index in [9.17, 15) is 4.79 Å². The molecule has 3 unspecified atom stereocenters. The van der Waals surface area contributed by atoms with E-state index >= 15 is 0 Å². The van der Waals surface area contributed by atoms with Crippen LogP contribution in [0, 0.1) is 11.8 Å². The highest BCUT2D eigenvalue weighted by molar-refractivity contribution is 5.81. The Kier molecular flexibility index (Phi) is 6.06. The summed E-state index contributed by atoms with van der Waals surface area (Å²) in [5, 5.41) is 3.29. The Labute approximate surface area is 129 Å². The summed E-state index contributed by atoms with van der Waals surface area (Å²) in [7, 11) is 3.41. The van der Waals surface area contributed by atoms with Gasteiger partial charge in [0, 0.05) is 6.54 Å². The van der Waals surface area contributed by atoms with Crippen molar-refractivity contribution in [3.8, 4) is 0 Å². The Morgan fingerprint density at radius 3 is 2.86 bits per heavy atom. The van der Waals surface area contributed by atoms with Crippen molar-refractivity contribution in [2.24, 2.45) is 11.8 Å². The van der Waals surface area contributed by atoms with Crippen LogP contribution in [0.15, 0.2) is 0 Å². The van der Waals surface area contributed by atoms with Gasteiger partial charge < -0.3 is 15.0 Å². The molecule has 1 aliphatic heterocycles. The molecule has 3 atom stereocenters. The Hall–Kier alpha value is -0.610. The van der Waals surface area contributed by atoms with Crippen molar-refractivity contribution in [2.45, 2.75) is 57.4 Å². The van der Waals surface area contributed by atoms with Crippen LogP contribution in [-0.4, -0.2) is 50.2 Å². The first-order valence-electron chi connectivity index (χ1n) is 8.66. The van der Waals surface area contributed by atoms with Crippen molar-refractivity contribution in [3.63, 3.8) is 0 Å². The highest BCUT2D eigenvalue weighted by atomic mass is 16.5. The van der Waals surface area contributed by atoms with Crippen LogP contribution >= 0.6 is 0 Å². The fraction of sp³-hybridized carbons (Fsp3) is 0.941. The second-order valence-electron chi connectivity index (χ2n) is 6.83. The number of hydrogen-bond donors (Lipinski definition) is 1. The minimum Gasteiger partial charge on any atom is -0.468 e. The molecule has 0 bridgehead atoms. The fourth-order valence-corrected chi connectivity index (χ4v) is 4.45. The number of likely N-dealkylation sites (N-methyl/N-ethyl adjacent to an activating group) is 1. The predicted octanol–water partition coefficient (Wildman–Crippen LogP) is 2.43. The molecule has 1 saturated carbocycles. The Morgan fingerprint density at radius 1 is 1.38 bits per heavy atom. The molecule has 122 valence electrons. The van der Waals surface area contributed by atoms with Gasteiger partial charge in [0.1, 0.15) is 5.54 Å². The van der Waals surface area contributed by atoms with Gasteiger partial charge in [0.15, 0.2) is 0 Å². The number of esters is 1. The second kappa shape index (κ2) is 7.59. The van der Waals surface area contributed by atoms with Crippen molar-refractivity contribution >= 4 is 5.97 Å². The monoisotopic (exact) mass is 296 g/mol. The lowest BCUT2D eigenvalue weighted by Crippen LogP contribution is -2.54. The molecule has 2 aliphatic rings. The number of nitrogens with one attached hydrogen (secondary N) is 1. The summed E-state index contributed by atoms with van der Waals surface area (Å²) in [6.07, 6.45) is 8.30. The molecule has 4 heteroatoms. The smallest absolute Gasteiger partial charge is 0.326 e. The molecule has 21 heavy (non-hydrogen) atoms. The van der Waals surface area contributed by atoms with Gasteiger partial charge in [-0.05, 0) is 64.1 Å². The number of methoxy groups -OCH3 is 1. The number of rotatable bonds is 7. The van der Waals surface area contributed by atoms with Crippen LogP contribution in [0.1, 0.15) is 51.9 Å². The summed E-state index contributed by atoms with van der Waals surface area (Å²) in [5.74, 6) is 1.24. The van der Waals surface area contributed by atoms with Crippen LogP contribution in [0.3, 0.4) is 0 Å². The first kappa shape index (κ1) is 16.8. The maximum absolute atomic E-state index is 12.2. The number of carbonyl (C=O) groups excluding carboxylic acids is 1. The SMILES string of the molecule is CCCC1CCN(CCC2CCCC2(NC)C(=O)OC)C1. The summed E-state index contributed by atoms with van der Waals surface area (Å²) in [6, 6.07) is 0. The van der Waals surface area contributed by atoms with Crippen molar-refractivity contribution < 1.29 is 9.53 Å². The van der Waals surface area contributed by atoms with Crippen LogP contribution in [0.2, 0.25) is 0 Å². The van der Waals surface area contributed by atoms with Gasteiger partial charge in [-0.3, -0.25) is 4.79 Å². The molecule has 1 heterocycles. The van der Waals surface area contributed by atoms with Crippen LogP contribution in [-0.2, 0) is 9.53 Å². The van der Waals surface area contributed by atoms with E-state index in [0.717, 1.165) is 38.1 Å². The van der Waals surface area contributed by atoms with Gasteiger partial charge in [-0.1, -0.05) is 19.8 Å². The highest BCUT2D eigenvalue weighted by Crippen LogP contribution is 2.39. The van der Waals surface area contributed by atoms with Crippen molar-refractivity contribution in [1.82, 2.24) is 10.2 Å². The maximum Gasteiger partial charge on any atom is 0.326 e. The predicted molar refractivity (Wildman–Crippen MR) is 85.2 cm³/mol. The van der Waals surface area contributed by atoms with Gasteiger partial charge >= 0.3 is 5.97 Å². The van der Waals surface area contributed by atoms with Crippen molar-refractivity contribution in [2.75, 3.05) is 33.8 Å². The highest BCUT2D eigenvalue weighted by Gasteiger charge is 2.48. The van der Waals surface area contributed by atoms with Gasteiger partial charge in [0.25, 0.3) is 0 Å². The Bertz CT molecular complexity index is 348. The van der Waals surface area contributed by atoms with Crippen LogP contribution in [0.25, 0.3) is 0 Å². The van der Waals surface area contributed by atoms with Crippen molar-refractivity contribution in [3.05, 3.63) is 0 Å². The number of ether oxygens (including phenoxy) is 1. The molecular weight excluding hydrogens is 264 g/mol. The van der Waals surface area contributed by atoms with Crippen molar-refractivity contribution in [1.29, 1.82) is 0 Å². The van der Waals surface area contributed by atoms with Gasteiger partial charge in [-0.2, -0.15) is 0 Å². The van der Waals surface area contributed by atoms with E-state index < -0.39 is 5.54 Å². The molecule has 1 N–H and O–H groups in total. The third kappa shape index (κ3) is 3.59. The zero-order valence-corrected chi connectivity index (χ0v) is 14.0. The first-order chi connectivity index (χ1) is 10.2. The molecule has 2 fully saturated rings. The van der Waals surface area contributed by atoms with Gasteiger partial charge in [0.05, 0.1) is 7.11 Å². The maximum atomic E-state index is 12.2.